The minimum atomic E-state index is -3.73. The van der Waals surface area contributed by atoms with Gasteiger partial charge >= 0.3 is 0 Å². The largest absolute Gasteiger partial charge is 0.494 e. The summed E-state index contributed by atoms with van der Waals surface area (Å²) in [6.45, 7) is 2.75. The highest BCUT2D eigenvalue weighted by atomic mass is 32.2. The number of nitrogens with zero attached hydrogens (tertiary/aromatic N) is 1. The van der Waals surface area contributed by atoms with Crippen molar-refractivity contribution in [2.45, 2.75) is 24.8 Å². The number of carbonyl (C=O) groups is 2. The van der Waals surface area contributed by atoms with Gasteiger partial charge in [0.05, 0.1) is 30.2 Å². The molecule has 10 heteroatoms. The van der Waals surface area contributed by atoms with Gasteiger partial charge in [0.1, 0.15) is 11.5 Å². The van der Waals surface area contributed by atoms with Crippen molar-refractivity contribution in [1.29, 1.82) is 0 Å². The number of nitrogens with one attached hydrogen (secondary N) is 2. The number of benzene rings is 2. The van der Waals surface area contributed by atoms with Gasteiger partial charge in [-0.2, -0.15) is 0 Å². The fourth-order valence-electron chi connectivity index (χ4n) is 3.65. The van der Waals surface area contributed by atoms with E-state index in [9.17, 15) is 18.0 Å². The second-order valence-corrected chi connectivity index (χ2v) is 9.52. The van der Waals surface area contributed by atoms with Crippen LogP contribution >= 0.6 is 0 Å². The van der Waals surface area contributed by atoms with Crippen LogP contribution in [0.2, 0.25) is 0 Å². The molecule has 1 aliphatic rings. The van der Waals surface area contributed by atoms with Crippen molar-refractivity contribution in [2.75, 3.05) is 23.4 Å². The van der Waals surface area contributed by atoms with Crippen LogP contribution in [0.3, 0.4) is 0 Å². The third-order valence-corrected chi connectivity index (χ3v) is 6.82. The zero-order valence-electron chi connectivity index (χ0n) is 18.6. The molecule has 0 spiro atoms. The standard InChI is InChI=1S/C24H25N3O6S/c1-2-32-20-9-7-19(8-10-20)27-16-17(14-23(27)28)24(29)26-18-5-11-22(12-6-18)34(30,31)25-15-21-4-3-13-33-21/h3-13,17,25H,2,14-16H2,1H3,(H,26,29)/t17-/m0/s1. The SMILES string of the molecule is CCOc1ccc(N2C[C@@H](C(=O)Nc3ccc(S(=O)(=O)NCc4ccco4)cc3)CC2=O)cc1. The van der Waals surface area contributed by atoms with Crippen molar-refractivity contribution in [1.82, 2.24) is 4.72 Å². The Balaban J connectivity index is 1.35. The molecule has 0 saturated carbocycles. The second-order valence-electron chi connectivity index (χ2n) is 7.75. The molecule has 1 aliphatic heterocycles. The smallest absolute Gasteiger partial charge is 0.240 e. The number of amides is 2. The molecular weight excluding hydrogens is 458 g/mol. The average Bonchev–Trinajstić information content (AvgIpc) is 3.49. The van der Waals surface area contributed by atoms with Gasteiger partial charge in [-0.05, 0) is 67.6 Å². The lowest BCUT2D eigenvalue weighted by atomic mass is 10.1. The Hall–Kier alpha value is -3.63. The molecule has 4 rings (SSSR count). The Morgan fingerprint density at radius 3 is 2.50 bits per heavy atom. The van der Waals surface area contributed by atoms with Gasteiger partial charge in [0.25, 0.3) is 0 Å². The van der Waals surface area contributed by atoms with E-state index in [1.807, 2.05) is 6.92 Å². The number of sulfonamides is 1. The van der Waals surface area contributed by atoms with Crippen LogP contribution < -0.4 is 19.7 Å². The number of hydrogen-bond acceptors (Lipinski definition) is 6. The number of furan rings is 1. The van der Waals surface area contributed by atoms with Crippen LogP contribution in [-0.2, 0) is 26.2 Å². The van der Waals surface area contributed by atoms with Crippen LogP contribution in [-0.4, -0.2) is 33.4 Å². The molecule has 0 aliphatic carbocycles. The van der Waals surface area contributed by atoms with E-state index in [2.05, 4.69) is 10.0 Å². The van der Waals surface area contributed by atoms with Gasteiger partial charge in [-0.1, -0.05) is 0 Å². The Bertz CT molecular complexity index is 1240. The first-order valence-electron chi connectivity index (χ1n) is 10.8. The molecule has 3 aromatic rings. The van der Waals surface area contributed by atoms with E-state index in [1.165, 1.54) is 30.5 Å². The van der Waals surface area contributed by atoms with E-state index in [-0.39, 0.29) is 36.2 Å². The molecule has 2 aromatic carbocycles. The van der Waals surface area contributed by atoms with Crippen LogP contribution in [0, 0.1) is 5.92 Å². The van der Waals surface area contributed by atoms with E-state index in [4.69, 9.17) is 9.15 Å². The minimum absolute atomic E-state index is 0.0361. The van der Waals surface area contributed by atoms with E-state index in [1.54, 1.807) is 41.3 Å². The van der Waals surface area contributed by atoms with E-state index in [0.29, 0.717) is 29.5 Å². The van der Waals surface area contributed by atoms with Gasteiger partial charge in [0, 0.05) is 24.3 Å². The lowest BCUT2D eigenvalue weighted by molar-refractivity contribution is -0.122. The Kier molecular flexibility index (Phi) is 6.99. The third kappa shape index (κ3) is 5.46. The van der Waals surface area contributed by atoms with E-state index in [0.717, 1.165) is 0 Å². The van der Waals surface area contributed by atoms with Gasteiger partial charge in [0.15, 0.2) is 0 Å². The number of hydrogen-bond donors (Lipinski definition) is 2. The summed E-state index contributed by atoms with van der Waals surface area (Å²) in [6, 6.07) is 16.4. The van der Waals surface area contributed by atoms with Gasteiger partial charge in [-0.25, -0.2) is 13.1 Å². The average molecular weight is 484 g/mol. The lowest BCUT2D eigenvalue weighted by Crippen LogP contribution is -2.28. The van der Waals surface area contributed by atoms with Gasteiger partial charge in [-0.3, -0.25) is 9.59 Å². The number of anilines is 2. The van der Waals surface area contributed by atoms with Crippen LogP contribution in [0.15, 0.2) is 76.2 Å². The Labute approximate surface area is 197 Å². The first kappa shape index (κ1) is 23.5. The van der Waals surface area contributed by atoms with Crippen LogP contribution in [0.5, 0.6) is 5.75 Å². The summed E-state index contributed by atoms with van der Waals surface area (Å²) >= 11 is 0. The summed E-state index contributed by atoms with van der Waals surface area (Å²) in [4.78, 5) is 26.9. The maximum Gasteiger partial charge on any atom is 0.240 e. The molecule has 9 nitrogen and oxygen atoms in total. The fraction of sp³-hybridized carbons (Fsp3) is 0.250. The van der Waals surface area contributed by atoms with Gasteiger partial charge < -0.3 is 19.4 Å². The molecule has 1 saturated heterocycles. The Morgan fingerprint density at radius 1 is 1.12 bits per heavy atom. The molecule has 1 aromatic heterocycles. The minimum Gasteiger partial charge on any atom is -0.494 e. The molecule has 1 fully saturated rings. The summed E-state index contributed by atoms with van der Waals surface area (Å²) in [6.07, 6.45) is 1.57. The predicted octanol–water partition coefficient (Wildman–Crippen LogP) is 3.15. The summed E-state index contributed by atoms with van der Waals surface area (Å²) in [5.41, 5.74) is 1.15. The number of rotatable bonds is 9. The van der Waals surface area contributed by atoms with Crippen LogP contribution in [0.1, 0.15) is 19.1 Å². The summed E-state index contributed by atoms with van der Waals surface area (Å²) in [7, 11) is -3.73. The summed E-state index contributed by atoms with van der Waals surface area (Å²) in [5, 5.41) is 2.77. The highest BCUT2D eigenvalue weighted by molar-refractivity contribution is 7.89. The molecular formula is C24H25N3O6S. The van der Waals surface area contributed by atoms with E-state index >= 15 is 0 Å². The maximum absolute atomic E-state index is 12.7. The molecule has 0 bridgehead atoms. The molecule has 2 N–H and O–H groups in total. The third-order valence-electron chi connectivity index (χ3n) is 5.40. The molecule has 1 atom stereocenters. The zero-order valence-corrected chi connectivity index (χ0v) is 19.4. The number of carbonyl (C=O) groups excluding carboxylic acids is 2. The lowest BCUT2D eigenvalue weighted by Gasteiger charge is -2.17. The zero-order chi connectivity index (χ0) is 24.1. The molecule has 178 valence electrons. The maximum atomic E-state index is 12.7. The summed E-state index contributed by atoms with van der Waals surface area (Å²) < 4.78 is 37.9. The van der Waals surface area contributed by atoms with Crippen molar-refractivity contribution in [3.63, 3.8) is 0 Å². The second kappa shape index (κ2) is 10.1. The van der Waals surface area contributed by atoms with Crippen molar-refractivity contribution in [3.8, 4) is 5.75 Å². The quantitative estimate of drug-likeness (QED) is 0.483. The van der Waals surface area contributed by atoms with Crippen molar-refractivity contribution < 1.29 is 27.2 Å². The molecule has 0 unspecified atom stereocenters. The monoisotopic (exact) mass is 483 g/mol. The van der Waals surface area contributed by atoms with E-state index < -0.39 is 15.9 Å². The first-order chi connectivity index (χ1) is 16.4. The topological polar surface area (TPSA) is 118 Å². The predicted molar refractivity (Wildman–Crippen MR) is 126 cm³/mol. The highest BCUT2D eigenvalue weighted by Gasteiger charge is 2.35. The molecule has 2 amide bonds. The van der Waals surface area contributed by atoms with Crippen LogP contribution in [0.25, 0.3) is 0 Å². The number of ether oxygens (including phenoxy) is 1. The normalized spacial score (nSPS) is 16.0. The molecule has 0 radical (unpaired) electrons. The van der Waals surface area contributed by atoms with Crippen molar-refractivity contribution in [3.05, 3.63) is 72.7 Å². The van der Waals surface area contributed by atoms with Crippen molar-refractivity contribution in [2.24, 2.45) is 5.92 Å². The first-order valence-corrected chi connectivity index (χ1v) is 12.3. The molecule has 34 heavy (non-hydrogen) atoms. The van der Waals surface area contributed by atoms with Gasteiger partial charge in [-0.15, -0.1) is 0 Å². The summed E-state index contributed by atoms with van der Waals surface area (Å²) in [5.74, 6) is 0.269. The fourth-order valence-corrected chi connectivity index (χ4v) is 4.64. The van der Waals surface area contributed by atoms with Crippen molar-refractivity contribution >= 4 is 33.2 Å². The van der Waals surface area contributed by atoms with Gasteiger partial charge in [0.2, 0.25) is 21.8 Å². The highest BCUT2D eigenvalue weighted by Crippen LogP contribution is 2.28. The Morgan fingerprint density at radius 2 is 1.85 bits per heavy atom. The van der Waals surface area contributed by atoms with Crippen LogP contribution in [0.4, 0.5) is 11.4 Å². The molecule has 2 heterocycles.